The molecule has 0 spiro atoms. The maximum Gasteiger partial charge on any atom is 0.122 e. The van der Waals surface area contributed by atoms with Crippen LogP contribution in [0.15, 0.2) is 53.5 Å². The van der Waals surface area contributed by atoms with E-state index < -0.39 is 0 Å². The van der Waals surface area contributed by atoms with Crippen LogP contribution < -0.4 is 16.8 Å². The van der Waals surface area contributed by atoms with Crippen LogP contribution in [-0.4, -0.2) is 18.0 Å². The first-order valence-corrected chi connectivity index (χ1v) is 6.24. The molecule has 2 rings (SSSR count). The lowest BCUT2D eigenvalue weighted by Gasteiger charge is -2.02. The largest absolute Gasteiger partial charge is 0.384 e. The average Bonchev–Trinajstić information content (AvgIpc) is 2.48. The Bertz CT molecular complexity index is 670. The van der Waals surface area contributed by atoms with E-state index >= 15 is 0 Å². The number of benzene rings is 2. The third kappa shape index (κ3) is 3.90. The number of aliphatic imine (C=N–C) groups is 1. The molecule has 0 aliphatic heterocycles. The topological polar surface area (TPSA) is 124 Å². The summed E-state index contributed by atoms with van der Waals surface area (Å²) in [5.41, 5.74) is 13.7. The summed E-state index contributed by atoms with van der Waals surface area (Å²) in [4.78, 5) is 4.25. The lowest BCUT2D eigenvalue weighted by atomic mass is 10.2. The molecule has 0 saturated carbocycles. The molecule has 6 heteroatoms. The van der Waals surface area contributed by atoms with Crippen LogP contribution in [0.1, 0.15) is 11.1 Å². The minimum atomic E-state index is 0.0363. The summed E-state index contributed by atoms with van der Waals surface area (Å²) in [6, 6.07) is 14.2. The molecule has 21 heavy (non-hydrogen) atoms. The SMILES string of the molecule is N=C(N)c1ccc(/N=C/Nc2ccc(C(=N)N)cc2)cc1. The van der Waals surface area contributed by atoms with E-state index in [0.717, 1.165) is 11.4 Å². The van der Waals surface area contributed by atoms with Gasteiger partial charge in [-0.15, -0.1) is 0 Å². The van der Waals surface area contributed by atoms with E-state index in [1.807, 2.05) is 12.1 Å². The molecule has 0 bridgehead atoms. The van der Waals surface area contributed by atoms with Gasteiger partial charge in [-0.25, -0.2) is 4.99 Å². The number of hydrogen-bond donors (Lipinski definition) is 5. The van der Waals surface area contributed by atoms with E-state index in [9.17, 15) is 0 Å². The third-order valence-electron chi connectivity index (χ3n) is 2.82. The van der Waals surface area contributed by atoms with Gasteiger partial charge in [0.05, 0.1) is 12.0 Å². The van der Waals surface area contributed by atoms with Crippen LogP contribution in [-0.2, 0) is 0 Å². The second-order valence-electron chi connectivity index (χ2n) is 4.35. The van der Waals surface area contributed by atoms with Crippen LogP contribution in [0.25, 0.3) is 0 Å². The monoisotopic (exact) mass is 280 g/mol. The number of nitrogens with two attached hydrogens (primary N) is 2. The summed E-state index contributed by atoms with van der Waals surface area (Å²) < 4.78 is 0. The average molecular weight is 280 g/mol. The van der Waals surface area contributed by atoms with Crippen molar-refractivity contribution >= 4 is 29.4 Å². The zero-order chi connectivity index (χ0) is 15.2. The van der Waals surface area contributed by atoms with Crippen molar-refractivity contribution in [1.82, 2.24) is 0 Å². The van der Waals surface area contributed by atoms with Crippen molar-refractivity contribution in [3.8, 4) is 0 Å². The summed E-state index contributed by atoms with van der Waals surface area (Å²) in [6.07, 6.45) is 1.57. The van der Waals surface area contributed by atoms with Crippen molar-refractivity contribution < 1.29 is 0 Å². The Morgan fingerprint density at radius 1 is 0.857 bits per heavy atom. The molecule has 106 valence electrons. The van der Waals surface area contributed by atoms with Gasteiger partial charge in [-0.1, -0.05) is 0 Å². The molecule has 6 nitrogen and oxygen atoms in total. The predicted octanol–water partition coefficient (Wildman–Crippen LogP) is 2.03. The third-order valence-corrected chi connectivity index (χ3v) is 2.82. The van der Waals surface area contributed by atoms with Crippen LogP contribution in [0, 0.1) is 10.8 Å². The second kappa shape index (κ2) is 6.33. The fourth-order valence-electron chi connectivity index (χ4n) is 1.65. The zero-order valence-corrected chi connectivity index (χ0v) is 11.3. The molecule has 0 fully saturated rings. The summed E-state index contributed by atoms with van der Waals surface area (Å²) >= 11 is 0. The lowest BCUT2D eigenvalue weighted by molar-refractivity contribution is 1.41. The molecule has 0 aliphatic rings. The number of anilines is 1. The smallest absolute Gasteiger partial charge is 0.122 e. The molecule has 2 aromatic rings. The molecule has 2 aromatic carbocycles. The minimum absolute atomic E-state index is 0.0363. The van der Waals surface area contributed by atoms with E-state index in [1.165, 1.54) is 0 Å². The molecule has 0 radical (unpaired) electrons. The molecule has 0 heterocycles. The van der Waals surface area contributed by atoms with Crippen molar-refractivity contribution in [1.29, 1.82) is 10.8 Å². The van der Waals surface area contributed by atoms with Gasteiger partial charge in [0.2, 0.25) is 0 Å². The van der Waals surface area contributed by atoms with Gasteiger partial charge < -0.3 is 16.8 Å². The predicted molar refractivity (Wildman–Crippen MR) is 86.7 cm³/mol. The second-order valence-corrected chi connectivity index (χ2v) is 4.35. The Morgan fingerprint density at radius 2 is 1.33 bits per heavy atom. The summed E-state index contributed by atoms with van der Waals surface area (Å²) in [5.74, 6) is 0.0787. The number of hydrogen-bond acceptors (Lipinski definition) is 3. The van der Waals surface area contributed by atoms with Crippen LogP contribution >= 0.6 is 0 Å². The zero-order valence-electron chi connectivity index (χ0n) is 11.3. The van der Waals surface area contributed by atoms with Crippen LogP contribution in [0.3, 0.4) is 0 Å². The maximum absolute atomic E-state index is 7.31. The van der Waals surface area contributed by atoms with E-state index in [4.69, 9.17) is 22.3 Å². The van der Waals surface area contributed by atoms with Crippen molar-refractivity contribution in [2.45, 2.75) is 0 Å². The normalized spacial score (nSPS) is 10.5. The van der Waals surface area contributed by atoms with Crippen LogP contribution in [0.4, 0.5) is 11.4 Å². The Balaban J connectivity index is 1.98. The highest BCUT2D eigenvalue weighted by Gasteiger charge is 1.96. The van der Waals surface area contributed by atoms with Gasteiger partial charge in [-0.2, -0.15) is 0 Å². The van der Waals surface area contributed by atoms with Crippen molar-refractivity contribution in [2.75, 3.05) is 5.32 Å². The molecular formula is C15H16N6. The molecular weight excluding hydrogens is 264 g/mol. The number of amidine groups is 2. The standard InChI is InChI=1S/C15H16N6/c16-14(17)10-1-5-12(6-2-10)20-9-21-13-7-3-11(4-8-13)15(18)19/h1-9H,(H3,16,17)(H3,18,19)(H,20,21). The quantitative estimate of drug-likeness (QED) is 0.425. The van der Waals surface area contributed by atoms with Gasteiger partial charge in [0.1, 0.15) is 11.7 Å². The molecule has 0 unspecified atom stereocenters. The van der Waals surface area contributed by atoms with Crippen molar-refractivity contribution in [3.63, 3.8) is 0 Å². The van der Waals surface area contributed by atoms with E-state index in [-0.39, 0.29) is 11.7 Å². The van der Waals surface area contributed by atoms with E-state index in [2.05, 4.69) is 10.3 Å². The molecule has 7 N–H and O–H groups in total. The molecule has 0 aromatic heterocycles. The lowest BCUT2D eigenvalue weighted by Crippen LogP contribution is -2.10. The number of nitrogens with one attached hydrogen (secondary N) is 3. The van der Waals surface area contributed by atoms with Crippen LogP contribution in [0.5, 0.6) is 0 Å². The maximum atomic E-state index is 7.31. The van der Waals surface area contributed by atoms with Crippen LogP contribution in [0.2, 0.25) is 0 Å². The van der Waals surface area contributed by atoms with Gasteiger partial charge in [-0.05, 0) is 48.5 Å². The molecule has 0 aliphatic carbocycles. The van der Waals surface area contributed by atoms with E-state index in [0.29, 0.717) is 11.1 Å². The first kappa shape index (κ1) is 14.3. The first-order chi connectivity index (χ1) is 10.1. The van der Waals surface area contributed by atoms with Gasteiger partial charge in [-0.3, -0.25) is 10.8 Å². The highest BCUT2D eigenvalue weighted by molar-refractivity contribution is 5.96. The van der Waals surface area contributed by atoms with Gasteiger partial charge >= 0.3 is 0 Å². The fourth-order valence-corrected chi connectivity index (χ4v) is 1.65. The minimum Gasteiger partial charge on any atom is -0.384 e. The van der Waals surface area contributed by atoms with Gasteiger partial charge in [0.15, 0.2) is 0 Å². The Kier molecular flexibility index (Phi) is 4.30. The van der Waals surface area contributed by atoms with Crippen molar-refractivity contribution in [3.05, 3.63) is 59.7 Å². The summed E-state index contributed by atoms with van der Waals surface area (Å²) in [5, 5.41) is 17.6. The Morgan fingerprint density at radius 3 is 1.81 bits per heavy atom. The number of nitrogen functional groups attached to an aromatic ring is 2. The Hall–Kier alpha value is -3.15. The van der Waals surface area contributed by atoms with Gasteiger partial charge in [0.25, 0.3) is 0 Å². The number of rotatable bonds is 5. The van der Waals surface area contributed by atoms with Crippen molar-refractivity contribution in [2.24, 2.45) is 16.5 Å². The summed E-state index contributed by atoms with van der Waals surface area (Å²) in [6.45, 7) is 0. The highest BCUT2D eigenvalue weighted by atomic mass is 14.9. The summed E-state index contributed by atoms with van der Waals surface area (Å²) in [7, 11) is 0. The molecule has 0 atom stereocenters. The number of nitrogens with zero attached hydrogens (tertiary/aromatic N) is 1. The highest BCUT2D eigenvalue weighted by Crippen LogP contribution is 2.13. The molecule has 0 amide bonds. The first-order valence-electron chi connectivity index (χ1n) is 6.24. The van der Waals surface area contributed by atoms with E-state index in [1.54, 1.807) is 42.7 Å². The van der Waals surface area contributed by atoms with Gasteiger partial charge in [0, 0.05) is 16.8 Å². The fraction of sp³-hybridized carbons (Fsp3) is 0. The Labute approximate surface area is 122 Å². The molecule has 0 saturated heterocycles.